The number of hydrogen-bond acceptors (Lipinski definition) is 4. The lowest BCUT2D eigenvalue weighted by Gasteiger charge is -2.56. The van der Waals surface area contributed by atoms with Crippen molar-refractivity contribution < 1.29 is 14.3 Å². The fourth-order valence-corrected chi connectivity index (χ4v) is 6.77. The molecule has 0 radical (unpaired) electrons. The predicted molar refractivity (Wildman–Crippen MR) is 115 cm³/mol. The number of fused-ring (bicyclic) bond motifs is 1. The summed E-state index contributed by atoms with van der Waals surface area (Å²) < 4.78 is 5.49. The molecule has 1 aromatic carbocycles. The number of aryl methyl sites for hydroxylation is 2. The number of rotatable bonds is 5. The second-order valence-corrected chi connectivity index (χ2v) is 9.75. The fraction of sp³-hybridized carbons (Fsp3) is 0.560. The van der Waals surface area contributed by atoms with Gasteiger partial charge in [0.25, 0.3) is 5.91 Å². The molecule has 0 spiro atoms. The Bertz CT molecular complexity index is 978. The number of nitrogens with one attached hydrogen (secondary N) is 1. The number of amides is 1. The van der Waals surface area contributed by atoms with Crippen molar-refractivity contribution in [2.45, 2.75) is 64.3 Å². The lowest BCUT2D eigenvalue weighted by molar-refractivity contribution is -0.130. The van der Waals surface area contributed by atoms with E-state index in [0.29, 0.717) is 12.0 Å². The topological polar surface area (TPSA) is 68.3 Å². The van der Waals surface area contributed by atoms with Gasteiger partial charge in [-0.3, -0.25) is 9.78 Å². The zero-order valence-electron chi connectivity index (χ0n) is 17.9. The summed E-state index contributed by atoms with van der Waals surface area (Å²) in [6.45, 7) is 3.68. The minimum absolute atomic E-state index is 0.0623. The number of carbonyl (C=O) groups excluding carboxylic acids is 2. The zero-order valence-corrected chi connectivity index (χ0v) is 17.9. The Morgan fingerprint density at radius 3 is 2.37 bits per heavy atom. The van der Waals surface area contributed by atoms with Crippen molar-refractivity contribution in [3.63, 3.8) is 0 Å². The Kier molecular flexibility index (Phi) is 4.79. The summed E-state index contributed by atoms with van der Waals surface area (Å²) in [6.07, 6.45) is 7.90. The molecule has 1 aromatic heterocycles. The molecule has 0 aliphatic heterocycles. The normalized spacial score (nSPS) is 29.2. The minimum atomic E-state index is -0.455. The standard InChI is InChI=1S/C25H30N2O3/c1-3-20-23(15(2)19-6-4-5-7-21(19)26-20)24(29)30-14-22(28)27-25-11-16-8-17(12-25)10-18(9-16)13-25/h4-7,16-18H,3,8-14H2,1-2H3,(H,27,28). The third kappa shape index (κ3) is 3.38. The van der Waals surface area contributed by atoms with Crippen LogP contribution in [0, 0.1) is 24.7 Å². The van der Waals surface area contributed by atoms with E-state index in [1.54, 1.807) is 0 Å². The third-order valence-corrected chi connectivity index (χ3v) is 7.54. The van der Waals surface area contributed by atoms with Gasteiger partial charge >= 0.3 is 5.97 Å². The van der Waals surface area contributed by atoms with Gasteiger partial charge in [-0.2, -0.15) is 0 Å². The lowest BCUT2D eigenvalue weighted by atomic mass is 9.53. The molecule has 6 rings (SSSR count). The average molecular weight is 407 g/mol. The highest BCUT2D eigenvalue weighted by Crippen LogP contribution is 2.55. The van der Waals surface area contributed by atoms with Crippen LogP contribution < -0.4 is 5.32 Å². The van der Waals surface area contributed by atoms with Crippen LogP contribution in [0.15, 0.2) is 24.3 Å². The van der Waals surface area contributed by atoms with E-state index in [1.807, 2.05) is 38.1 Å². The summed E-state index contributed by atoms with van der Waals surface area (Å²) in [5.74, 6) is 1.66. The van der Waals surface area contributed by atoms with E-state index in [1.165, 1.54) is 19.3 Å². The number of hydrogen-bond donors (Lipinski definition) is 1. The van der Waals surface area contributed by atoms with E-state index < -0.39 is 5.97 Å². The smallest absolute Gasteiger partial charge is 0.340 e. The van der Waals surface area contributed by atoms with Crippen molar-refractivity contribution in [3.8, 4) is 0 Å². The summed E-state index contributed by atoms with van der Waals surface area (Å²) in [5, 5.41) is 4.22. The van der Waals surface area contributed by atoms with Crippen LogP contribution in [0.2, 0.25) is 0 Å². The molecule has 1 amide bonds. The fourth-order valence-electron chi connectivity index (χ4n) is 6.77. The Morgan fingerprint density at radius 2 is 1.73 bits per heavy atom. The highest BCUT2D eigenvalue weighted by atomic mass is 16.5. The minimum Gasteiger partial charge on any atom is -0.452 e. The van der Waals surface area contributed by atoms with Crippen molar-refractivity contribution in [2.75, 3.05) is 6.61 Å². The van der Waals surface area contributed by atoms with E-state index in [4.69, 9.17) is 4.74 Å². The molecule has 1 heterocycles. The van der Waals surface area contributed by atoms with Crippen LogP contribution in [0.3, 0.4) is 0 Å². The Balaban J connectivity index is 1.28. The maximum atomic E-state index is 12.9. The number of nitrogens with zero attached hydrogens (tertiary/aromatic N) is 1. The summed E-state index contributed by atoms with van der Waals surface area (Å²) in [7, 11) is 0. The first-order chi connectivity index (χ1) is 14.5. The Morgan fingerprint density at radius 1 is 1.10 bits per heavy atom. The highest BCUT2D eigenvalue weighted by molar-refractivity contribution is 5.99. The van der Waals surface area contributed by atoms with Gasteiger partial charge in [-0.05, 0) is 81.3 Å². The molecular formula is C25H30N2O3. The van der Waals surface area contributed by atoms with Gasteiger partial charge in [0.05, 0.1) is 16.8 Å². The first-order valence-corrected chi connectivity index (χ1v) is 11.3. The summed E-state index contributed by atoms with van der Waals surface area (Å²) in [6, 6.07) is 7.81. The maximum absolute atomic E-state index is 12.9. The molecule has 158 valence electrons. The highest BCUT2D eigenvalue weighted by Gasteiger charge is 2.51. The van der Waals surface area contributed by atoms with Crippen LogP contribution in [0.25, 0.3) is 10.9 Å². The van der Waals surface area contributed by atoms with Crippen molar-refractivity contribution in [1.82, 2.24) is 10.3 Å². The predicted octanol–water partition coefficient (Wildman–Crippen LogP) is 4.35. The molecular weight excluding hydrogens is 376 g/mol. The number of esters is 1. The SMILES string of the molecule is CCc1nc2ccccc2c(C)c1C(=O)OCC(=O)NC12CC3CC(CC(C3)C1)C2. The van der Waals surface area contributed by atoms with Crippen LogP contribution in [-0.2, 0) is 16.0 Å². The summed E-state index contributed by atoms with van der Waals surface area (Å²) in [5.41, 5.74) is 2.90. The molecule has 2 aromatic rings. The van der Waals surface area contributed by atoms with E-state index in [9.17, 15) is 9.59 Å². The molecule has 4 bridgehead atoms. The van der Waals surface area contributed by atoms with Crippen LogP contribution in [0.4, 0.5) is 0 Å². The van der Waals surface area contributed by atoms with Gasteiger partial charge < -0.3 is 10.1 Å². The molecule has 0 atom stereocenters. The zero-order chi connectivity index (χ0) is 20.9. The van der Waals surface area contributed by atoms with Crippen LogP contribution in [0.5, 0.6) is 0 Å². The van der Waals surface area contributed by atoms with E-state index in [-0.39, 0.29) is 18.1 Å². The quantitative estimate of drug-likeness (QED) is 0.750. The molecule has 4 saturated carbocycles. The second kappa shape index (κ2) is 7.36. The van der Waals surface area contributed by atoms with Crippen molar-refractivity contribution in [1.29, 1.82) is 0 Å². The molecule has 4 fully saturated rings. The van der Waals surface area contributed by atoms with Crippen LogP contribution >= 0.6 is 0 Å². The van der Waals surface area contributed by atoms with Gasteiger partial charge in [0.15, 0.2) is 6.61 Å². The first kappa shape index (κ1) is 19.5. The van der Waals surface area contributed by atoms with Gasteiger partial charge in [0, 0.05) is 10.9 Å². The van der Waals surface area contributed by atoms with Crippen molar-refractivity contribution in [2.24, 2.45) is 17.8 Å². The number of carbonyl (C=O) groups is 2. The summed E-state index contributed by atoms with van der Waals surface area (Å²) >= 11 is 0. The molecule has 30 heavy (non-hydrogen) atoms. The monoisotopic (exact) mass is 406 g/mol. The number of ether oxygens (including phenoxy) is 1. The van der Waals surface area contributed by atoms with E-state index >= 15 is 0 Å². The number of aromatic nitrogens is 1. The van der Waals surface area contributed by atoms with Crippen molar-refractivity contribution in [3.05, 3.63) is 41.1 Å². The molecule has 4 aliphatic rings. The molecule has 0 saturated heterocycles. The largest absolute Gasteiger partial charge is 0.452 e. The molecule has 0 unspecified atom stereocenters. The maximum Gasteiger partial charge on any atom is 0.340 e. The molecule has 1 N–H and O–H groups in total. The molecule has 5 heteroatoms. The Labute approximate surface area is 177 Å². The lowest BCUT2D eigenvalue weighted by Crippen LogP contribution is -2.60. The van der Waals surface area contributed by atoms with Crippen molar-refractivity contribution >= 4 is 22.8 Å². The van der Waals surface area contributed by atoms with Crippen LogP contribution in [0.1, 0.15) is 67.1 Å². The van der Waals surface area contributed by atoms with E-state index in [2.05, 4.69) is 10.3 Å². The average Bonchev–Trinajstić information content (AvgIpc) is 2.70. The number of pyridine rings is 1. The third-order valence-electron chi connectivity index (χ3n) is 7.54. The molecule has 5 nitrogen and oxygen atoms in total. The first-order valence-electron chi connectivity index (χ1n) is 11.3. The van der Waals surface area contributed by atoms with Gasteiger partial charge in [-0.15, -0.1) is 0 Å². The molecule has 4 aliphatic carbocycles. The summed E-state index contributed by atoms with van der Waals surface area (Å²) in [4.78, 5) is 30.3. The Hall–Kier alpha value is -2.43. The second-order valence-electron chi connectivity index (χ2n) is 9.75. The van der Waals surface area contributed by atoms with Gasteiger partial charge in [0.2, 0.25) is 0 Å². The number of benzene rings is 1. The van der Waals surface area contributed by atoms with Gasteiger partial charge in [-0.1, -0.05) is 25.1 Å². The van der Waals surface area contributed by atoms with Crippen LogP contribution in [-0.4, -0.2) is 29.0 Å². The van der Waals surface area contributed by atoms with E-state index in [0.717, 1.165) is 59.2 Å². The number of para-hydroxylation sites is 1. The van der Waals surface area contributed by atoms with Gasteiger partial charge in [0.1, 0.15) is 0 Å². The van der Waals surface area contributed by atoms with Gasteiger partial charge in [-0.25, -0.2) is 4.79 Å².